The monoisotopic (exact) mass is 372 g/mol. The highest BCUT2D eigenvalue weighted by Gasteiger charge is 2.76. The van der Waals surface area contributed by atoms with E-state index >= 15 is 0 Å². The van der Waals surface area contributed by atoms with Crippen molar-refractivity contribution in [2.45, 2.75) is 71.4 Å². The van der Waals surface area contributed by atoms with Gasteiger partial charge in [0.1, 0.15) is 0 Å². The minimum atomic E-state index is -0.713. The first-order valence-electron chi connectivity index (χ1n) is 10.5. The molecule has 0 amide bonds. The lowest BCUT2D eigenvalue weighted by atomic mass is 9.40. The van der Waals surface area contributed by atoms with Gasteiger partial charge >= 0.3 is 0 Å². The Hall–Kier alpha value is -0.970. The Labute approximate surface area is 162 Å². The van der Waals surface area contributed by atoms with E-state index in [4.69, 9.17) is 9.47 Å². The summed E-state index contributed by atoms with van der Waals surface area (Å²) in [6.07, 6.45) is 8.11. The first-order valence-corrected chi connectivity index (χ1v) is 10.5. The summed E-state index contributed by atoms with van der Waals surface area (Å²) in [6.45, 7) is 12.8. The van der Waals surface area contributed by atoms with Crippen LogP contribution in [0.4, 0.5) is 0 Å². The number of carbonyl (C=O) groups excluding carboxylic acids is 1. The third kappa shape index (κ3) is 1.93. The molecule has 1 spiro atoms. The van der Waals surface area contributed by atoms with Crippen molar-refractivity contribution in [1.29, 1.82) is 0 Å². The number of aliphatic hydroxyl groups excluding tert-OH is 1. The molecule has 4 aliphatic carbocycles. The molecule has 0 aromatic carbocycles. The first kappa shape index (κ1) is 18.1. The third-order valence-corrected chi connectivity index (χ3v) is 8.90. The fourth-order valence-electron chi connectivity index (χ4n) is 7.79. The molecule has 4 fully saturated rings. The molecule has 1 heterocycles. The fraction of sp³-hybridized carbons (Fsp3) is 0.783. The first-order chi connectivity index (χ1) is 12.6. The number of ether oxygens (including phenoxy) is 2. The van der Waals surface area contributed by atoms with Crippen LogP contribution >= 0.6 is 0 Å². The van der Waals surface area contributed by atoms with Crippen LogP contribution in [0.2, 0.25) is 0 Å². The van der Waals surface area contributed by atoms with Crippen LogP contribution in [0.25, 0.3) is 0 Å². The van der Waals surface area contributed by atoms with Crippen LogP contribution in [0.15, 0.2) is 24.3 Å². The molecule has 0 radical (unpaired) electrons. The van der Waals surface area contributed by atoms with Crippen molar-refractivity contribution in [3.63, 3.8) is 0 Å². The van der Waals surface area contributed by atoms with E-state index in [-0.39, 0.29) is 47.3 Å². The maximum absolute atomic E-state index is 13.7. The summed E-state index contributed by atoms with van der Waals surface area (Å²) in [5.74, 6) is -0.197. The van der Waals surface area contributed by atoms with Crippen LogP contribution in [0.3, 0.4) is 0 Å². The summed E-state index contributed by atoms with van der Waals surface area (Å²) >= 11 is 0. The zero-order valence-corrected chi connectivity index (χ0v) is 17.0. The van der Waals surface area contributed by atoms with E-state index in [1.807, 2.05) is 13.8 Å². The molecule has 8 atom stereocenters. The Morgan fingerprint density at radius 3 is 2.63 bits per heavy atom. The van der Waals surface area contributed by atoms with Crippen molar-refractivity contribution in [2.24, 2.45) is 34.0 Å². The lowest BCUT2D eigenvalue weighted by Gasteiger charge is -2.67. The Kier molecular flexibility index (Phi) is 3.44. The van der Waals surface area contributed by atoms with Crippen LogP contribution in [0, 0.1) is 34.0 Å². The molecule has 5 aliphatic rings. The average Bonchev–Trinajstić information content (AvgIpc) is 2.72. The normalized spacial score (nSPS) is 55.2. The molecular weight excluding hydrogens is 340 g/mol. The summed E-state index contributed by atoms with van der Waals surface area (Å²) in [6, 6.07) is 0. The van der Waals surface area contributed by atoms with E-state index in [1.54, 1.807) is 0 Å². The van der Waals surface area contributed by atoms with Crippen LogP contribution in [0.1, 0.15) is 53.4 Å². The van der Waals surface area contributed by atoms with Gasteiger partial charge in [-0.05, 0) is 55.4 Å². The number of fused-ring (bicyclic) bond motifs is 2. The molecule has 148 valence electrons. The maximum atomic E-state index is 13.7. The number of carbonyl (C=O) groups is 1. The minimum absolute atomic E-state index is 0.0348. The summed E-state index contributed by atoms with van der Waals surface area (Å²) in [5.41, 5.74) is -0.127. The highest BCUT2D eigenvalue weighted by atomic mass is 16.7. The lowest BCUT2D eigenvalue weighted by Crippen LogP contribution is -2.71. The van der Waals surface area contributed by atoms with Gasteiger partial charge in [0, 0.05) is 18.4 Å². The number of Topliss-reactive ketones (excluding diaryl/α,β-unsaturated/α-hetero) is 1. The van der Waals surface area contributed by atoms with Gasteiger partial charge in [-0.2, -0.15) is 0 Å². The second kappa shape index (κ2) is 5.14. The van der Waals surface area contributed by atoms with Gasteiger partial charge in [0.15, 0.2) is 11.6 Å². The topological polar surface area (TPSA) is 55.8 Å². The quantitative estimate of drug-likeness (QED) is 0.564. The van der Waals surface area contributed by atoms with Gasteiger partial charge in [0.2, 0.25) is 0 Å². The molecule has 0 aromatic rings. The molecule has 1 aliphatic heterocycles. The number of rotatable bonds is 1. The number of ketones is 1. The van der Waals surface area contributed by atoms with Crippen LogP contribution in [-0.2, 0) is 14.3 Å². The SMILES string of the molecule is C=C1C(=O)[C@@]23[C@@H]4OC(C)(C)O[C@@H]2C[C@@H]2[C@@](C)(CO)CCC[C@@]2(C)[C@@H]3C=C[C@@H]14. The van der Waals surface area contributed by atoms with E-state index < -0.39 is 11.2 Å². The minimum Gasteiger partial charge on any atom is -0.396 e. The number of allylic oxidation sites excluding steroid dienone is 1. The number of aliphatic hydroxyl groups is 1. The van der Waals surface area contributed by atoms with Gasteiger partial charge in [-0.3, -0.25) is 4.79 Å². The highest BCUT2D eigenvalue weighted by Crippen LogP contribution is 2.72. The highest BCUT2D eigenvalue weighted by molar-refractivity contribution is 6.05. The predicted molar refractivity (Wildman–Crippen MR) is 102 cm³/mol. The van der Waals surface area contributed by atoms with Crippen molar-refractivity contribution >= 4 is 5.78 Å². The van der Waals surface area contributed by atoms with Crippen LogP contribution < -0.4 is 0 Å². The van der Waals surface area contributed by atoms with Crippen molar-refractivity contribution in [2.75, 3.05) is 6.61 Å². The molecule has 0 aromatic heterocycles. The van der Waals surface area contributed by atoms with E-state index in [9.17, 15) is 9.90 Å². The number of hydrogen-bond acceptors (Lipinski definition) is 4. The molecule has 5 rings (SSSR count). The van der Waals surface area contributed by atoms with E-state index in [0.29, 0.717) is 11.5 Å². The van der Waals surface area contributed by atoms with Gasteiger partial charge in [0.05, 0.1) is 17.6 Å². The molecule has 0 unspecified atom stereocenters. The molecule has 27 heavy (non-hydrogen) atoms. The van der Waals surface area contributed by atoms with E-state index in [0.717, 1.165) is 25.7 Å². The van der Waals surface area contributed by atoms with Gasteiger partial charge in [-0.25, -0.2) is 0 Å². The molecule has 4 heteroatoms. The van der Waals surface area contributed by atoms with Crippen LogP contribution in [-0.4, -0.2) is 35.5 Å². The molecule has 4 nitrogen and oxygen atoms in total. The smallest absolute Gasteiger partial charge is 0.170 e. The Bertz CT molecular complexity index is 753. The van der Waals surface area contributed by atoms with Gasteiger partial charge in [0.25, 0.3) is 0 Å². The Balaban J connectivity index is 1.72. The molecular formula is C23H32O4. The van der Waals surface area contributed by atoms with Crippen molar-refractivity contribution < 1.29 is 19.4 Å². The third-order valence-electron chi connectivity index (χ3n) is 8.90. The predicted octanol–water partition coefficient (Wildman–Crippen LogP) is 3.64. The molecule has 2 bridgehead atoms. The fourth-order valence-corrected chi connectivity index (χ4v) is 7.79. The molecule has 3 saturated carbocycles. The van der Waals surface area contributed by atoms with E-state index in [2.05, 4.69) is 32.6 Å². The Morgan fingerprint density at radius 1 is 1.19 bits per heavy atom. The second-order valence-corrected chi connectivity index (χ2v) is 10.7. The summed E-state index contributed by atoms with van der Waals surface area (Å²) in [4.78, 5) is 13.7. The largest absolute Gasteiger partial charge is 0.396 e. The van der Waals surface area contributed by atoms with Gasteiger partial charge in [-0.15, -0.1) is 0 Å². The van der Waals surface area contributed by atoms with Crippen molar-refractivity contribution in [1.82, 2.24) is 0 Å². The summed E-state index contributed by atoms with van der Waals surface area (Å²) < 4.78 is 12.9. The Morgan fingerprint density at radius 2 is 1.93 bits per heavy atom. The zero-order valence-electron chi connectivity index (χ0n) is 17.0. The number of hydrogen-bond donors (Lipinski definition) is 1. The summed E-state index contributed by atoms with van der Waals surface area (Å²) in [5, 5.41) is 10.3. The van der Waals surface area contributed by atoms with Crippen LogP contribution in [0.5, 0.6) is 0 Å². The summed E-state index contributed by atoms with van der Waals surface area (Å²) in [7, 11) is 0. The lowest BCUT2D eigenvalue weighted by molar-refractivity contribution is -0.370. The van der Waals surface area contributed by atoms with Crippen molar-refractivity contribution in [3.8, 4) is 0 Å². The maximum Gasteiger partial charge on any atom is 0.170 e. The second-order valence-electron chi connectivity index (χ2n) is 10.7. The zero-order chi connectivity index (χ0) is 19.4. The molecule has 1 saturated heterocycles. The average molecular weight is 373 g/mol. The van der Waals surface area contributed by atoms with Crippen molar-refractivity contribution in [3.05, 3.63) is 24.3 Å². The standard InChI is InChI=1S/C23H32O4/c1-13-14-7-8-15-22(5)10-6-9-21(4,12-24)16(22)11-17-23(15,18(13)25)19(14)27-20(2,3)26-17/h7-8,14-17,19,24H,1,6,9-12H2,2-5H3/t14-,15-,16+,17+,19+,21+,22-,23-/m0/s1. The van der Waals surface area contributed by atoms with E-state index in [1.165, 1.54) is 0 Å². The van der Waals surface area contributed by atoms with Gasteiger partial charge < -0.3 is 14.6 Å². The molecule has 1 N–H and O–H groups in total. The van der Waals surface area contributed by atoms with Gasteiger partial charge in [-0.1, -0.05) is 39.0 Å².